The fraction of sp³-hybridized carbons (Fsp3) is 0.467. The van der Waals surface area contributed by atoms with E-state index in [-0.39, 0.29) is 5.91 Å². The zero-order chi connectivity index (χ0) is 15.6. The highest BCUT2D eigenvalue weighted by atomic mass is 16.4. The standard InChI is InChI=1S/C15H17N3O3/c1-10-11(9-16)3-4-12(17-10)13(19)18-7-5-15(2,6-8-18)14(20)21/h3-4H,5-8H2,1-2H3,(H,20,21). The number of carboxylic acids is 1. The van der Waals surface area contributed by atoms with Gasteiger partial charge in [-0.3, -0.25) is 9.59 Å². The minimum absolute atomic E-state index is 0.213. The Morgan fingerprint density at radius 2 is 2.00 bits per heavy atom. The van der Waals surface area contributed by atoms with Crippen molar-refractivity contribution in [2.75, 3.05) is 13.1 Å². The summed E-state index contributed by atoms with van der Waals surface area (Å²) in [4.78, 5) is 29.3. The highest BCUT2D eigenvalue weighted by Crippen LogP contribution is 2.31. The number of carbonyl (C=O) groups excluding carboxylic acids is 1. The lowest BCUT2D eigenvalue weighted by molar-refractivity contribution is -0.150. The summed E-state index contributed by atoms with van der Waals surface area (Å²) in [6.07, 6.45) is 0.868. The lowest BCUT2D eigenvalue weighted by Gasteiger charge is -2.36. The minimum atomic E-state index is -0.818. The van der Waals surface area contributed by atoms with E-state index in [1.807, 2.05) is 6.07 Å². The second-order valence-corrected chi connectivity index (χ2v) is 5.60. The number of nitriles is 1. The number of aliphatic carboxylic acids is 1. The number of rotatable bonds is 2. The number of hydrogen-bond acceptors (Lipinski definition) is 4. The molecule has 6 nitrogen and oxygen atoms in total. The molecule has 0 aliphatic carbocycles. The molecule has 110 valence electrons. The average Bonchev–Trinajstić information content (AvgIpc) is 2.47. The minimum Gasteiger partial charge on any atom is -0.481 e. The molecule has 1 amide bonds. The predicted octanol–water partition coefficient (Wildman–Crippen LogP) is 1.59. The van der Waals surface area contributed by atoms with E-state index >= 15 is 0 Å². The number of aromatic nitrogens is 1. The van der Waals surface area contributed by atoms with Gasteiger partial charge >= 0.3 is 5.97 Å². The molecular weight excluding hydrogens is 270 g/mol. The van der Waals surface area contributed by atoms with E-state index in [0.29, 0.717) is 42.9 Å². The van der Waals surface area contributed by atoms with Crippen LogP contribution in [0, 0.1) is 23.7 Å². The molecule has 1 aromatic heterocycles. The maximum absolute atomic E-state index is 12.4. The number of nitrogens with zero attached hydrogens (tertiary/aromatic N) is 3. The Morgan fingerprint density at radius 1 is 1.38 bits per heavy atom. The van der Waals surface area contributed by atoms with Gasteiger partial charge in [0.25, 0.3) is 5.91 Å². The van der Waals surface area contributed by atoms with Crippen LogP contribution in [0.15, 0.2) is 12.1 Å². The average molecular weight is 287 g/mol. The molecule has 0 spiro atoms. The van der Waals surface area contributed by atoms with E-state index < -0.39 is 11.4 Å². The van der Waals surface area contributed by atoms with Gasteiger partial charge in [-0.25, -0.2) is 4.98 Å². The lowest BCUT2D eigenvalue weighted by atomic mass is 9.80. The van der Waals surface area contributed by atoms with Gasteiger partial charge in [-0.05, 0) is 38.8 Å². The van der Waals surface area contributed by atoms with Crippen LogP contribution in [0.2, 0.25) is 0 Å². The van der Waals surface area contributed by atoms with E-state index in [1.54, 1.807) is 30.9 Å². The van der Waals surface area contributed by atoms with E-state index in [4.69, 9.17) is 5.26 Å². The van der Waals surface area contributed by atoms with Crippen LogP contribution in [0.25, 0.3) is 0 Å². The first-order chi connectivity index (χ1) is 9.87. The molecular formula is C15H17N3O3. The SMILES string of the molecule is Cc1nc(C(=O)N2CCC(C)(C(=O)O)CC2)ccc1C#N. The summed E-state index contributed by atoms with van der Waals surface area (Å²) >= 11 is 0. The molecule has 0 atom stereocenters. The Bertz CT molecular complexity index is 626. The number of pyridine rings is 1. The van der Waals surface area contributed by atoms with Crippen LogP contribution in [0.5, 0.6) is 0 Å². The van der Waals surface area contributed by atoms with Gasteiger partial charge in [-0.15, -0.1) is 0 Å². The normalized spacial score (nSPS) is 17.1. The van der Waals surface area contributed by atoms with Gasteiger partial charge in [0.15, 0.2) is 0 Å². The molecule has 2 rings (SSSR count). The molecule has 6 heteroatoms. The van der Waals surface area contributed by atoms with Crippen LogP contribution in [0.1, 0.15) is 41.5 Å². The molecule has 0 unspecified atom stereocenters. The van der Waals surface area contributed by atoms with Crippen molar-refractivity contribution in [3.63, 3.8) is 0 Å². The number of carboxylic acid groups (broad SMARTS) is 1. The van der Waals surface area contributed by atoms with Gasteiger partial charge in [-0.2, -0.15) is 5.26 Å². The zero-order valence-electron chi connectivity index (χ0n) is 12.1. The number of aryl methyl sites for hydroxylation is 1. The van der Waals surface area contributed by atoms with E-state index in [0.717, 1.165) is 0 Å². The molecule has 0 aromatic carbocycles. The zero-order valence-corrected chi connectivity index (χ0v) is 12.1. The third-order valence-electron chi connectivity index (χ3n) is 4.10. The summed E-state index contributed by atoms with van der Waals surface area (Å²) in [5.41, 5.74) is 0.509. The number of likely N-dealkylation sites (tertiary alicyclic amines) is 1. The van der Waals surface area contributed by atoms with Crippen LogP contribution in [0.3, 0.4) is 0 Å². The molecule has 1 aliphatic heterocycles. The summed E-state index contributed by atoms with van der Waals surface area (Å²) in [7, 11) is 0. The highest BCUT2D eigenvalue weighted by molar-refractivity contribution is 5.92. The van der Waals surface area contributed by atoms with Gasteiger partial charge in [0.2, 0.25) is 0 Å². The van der Waals surface area contributed by atoms with E-state index in [1.165, 1.54) is 0 Å². The van der Waals surface area contributed by atoms with Gasteiger partial charge in [0.1, 0.15) is 11.8 Å². The van der Waals surface area contributed by atoms with Crippen LogP contribution in [0.4, 0.5) is 0 Å². The quantitative estimate of drug-likeness (QED) is 0.891. The second-order valence-electron chi connectivity index (χ2n) is 5.60. The van der Waals surface area contributed by atoms with Crippen LogP contribution >= 0.6 is 0 Å². The first kappa shape index (κ1) is 15.0. The summed E-state index contributed by atoms with van der Waals surface area (Å²) in [5, 5.41) is 18.1. The Kier molecular flexibility index (Phi) is 3.94. The molecule has 1 fully saturated rings. The first-order valence-electron chi connectivity index (χ1n) is 6.78. The number of piperidine rings is 1. The molecule has 0 bridgehead atoms. The summed E-state index contributed by atoms with van der Waals surface area (Å²) in [6, 6.07) is 5.14. The third-order valence-corrected chi connectivity index (χ3v) is 4.10. The van der Waals surface area contributed by atoms with Crippen molar-refractivity contribution in [2.45, 2.75) is 26.7 Å². The number of carbonyl (C=O) groups is 2. The fourth-order valence-corrected chi connectivity index (χ4v) is 2.38. The molecule has 21 heavy (non-hydrogen) atoms. The Labute approximate surface area is 123 Å². The van der Waals surface area contributed by atoms with Crippen LogP contribution in [-0.4, -0.2) is 40.0 Å². The van der Waals surface area contributed by atoms with Gasteiger partial charge in [-0.1, -0.05) is 0 Å². The van der Waals surface area contributed by atoms with E-state index in [9.17, 15) is 14.7 Å². The molecule has 0 saturated carbocycles. The smallest absolute Gasteiger partial charge is 0.309 e. The van der Waals surface area contributed by atoms with Gasteiger partial charge < -0.3 is 10.0 Å². The summed E-state index contributed by atoms with van der Waals surface area (Å²) in [5.74, 6) is -1.03. The first-order valence-corrected chi connectivity index (χ1v) is 6.78. The van der Waals surface area contributed by atoms with Crippen molar-refractivity contribution in [1.82, 2.24) is 9.88 Å². The second kappa shape index (κ2) is 5.52. The van der Waals surface area contributed by atoms with E-state index in [2.05, 4.69) is 4.98 Å². The summed E-state index contributed by atoms with van der Waals surface area (Å²) in [6.45, 7) is 4.21. The highest BCUT2D eigenvalue weighted by Gasteiger charge is 2.38. The maximum Gasteiger partial charge on any atom is 0.309 e. The number of amides is 1. The van der Waals surface area contributed by atoms with Gasteiger partial charge in [0.05, 0.1) is 16.7 Å². The van der Waals surface area contributed by atoms with Crippen LogP contribution in [-0.2, 0) is 4.79 Å². The summed E-state index contributed by atoms with van der Waals surface area (Å²) < 4.78 is 0. The molecule has 2 heterocycles. The lowest BCUT2D eigenvalue weighted by Crippen LogP contribution is -2.45. The Hall–Kier alpha value is -2.42. The topological polar surface area (TPSA) is 94.3 Å². The third kappa shape index (κ3) is 2.87. The Balaban J connectivity index is 2.11. The van der Waals surface area contributed by atoms with Crippen molar-refractivity contribution in [2.24, 2.45) is 5.41 Å². The van der Waals surface area contributed by atoms with Crippen LogP contribution < -0.4 is 0 Å². The van der Waals surface area contributed by atoms with Crippen molar-refractivity contribution in [3.8, 4) is 6.07 Å². The fourth-order valence-electron chi connectivity index (χ4n) is 2.38. The monoisotopic (exact) mass is 287 g/mol. The van der Waals surface area contributed by atoms with Crippen molar-refractivity contribution in [1.29, 1.82) is 5.26 Å². The molecule has 1 aliphatic rings. The maximum atomic E-state index is 12.4. The Morgan fingerprint density at radius 3 is 2.48 bits per heavy atom. The van der Waals surface area contributed by atoms with Crippen molar-refractivity contribution < 1.29 is 14.7 Å². The molecule has 1 saturated heterocycles. The van der Waals surface area contributed by atoms with Crippen molar-refractivity contribution >= 4 is 11.9 Å². The number of hydrogen-bond donors (Lipinski definition) is 1. The molecule has 1 N–H and O–H groups in total. The van der Waals surface area contributed by atoms with Crippen molar-refractivity contribution in [3.05, 3.63) is 29.1 Å². The predicted molar refractivity (Wildman–Crippen MR) is 74.6 cm³/mol. The molecule has 0 radical (unpaired) electrons. The van der Waals surface area contributed by atoms with Gasteiger partial charge in [0, 0.05) is 13.1 Å². The molecule has 1 aromatic rings. The largest absolute Gasteiger partial charge is 0.481 e.